The standard InChI is InChI=1S/2C8H14OS2/c2*1-5-8(3,7(2)9)6-11-10-4/h2*5H,1,6H2,2-4H3. The number of allylic oxidation sites excluding steroid dienone is 2. The summed E-state index contributed by atoms with van der Waals surface area (Å²) < 4.78 is 0. The summed E-state index contributed by atoms with van der Waals surface area (Å²) in [5, 5.41) is 0. The van der Waals surface area contributed by atoms with E-state index in [2.05, 4.69) is 13.2 Å². The van der Waals surface area contributed by atoms with Gasteiger partial charge < -0.3 is 0 Å². The maximum Gasteiger partial charge on any atom is 0.140 e. The summed E-state index contributed by atoms with van der Waals surface area (Å²) in [7, 11) is 6.74. The SMILES string of the molecule is C=CC(C)(CSSC)C(C)=O.C=CC(C)(CSSC)C(C)=O. The van der Waals surface area contributed by atoms with E-state index in [0.717, 1.165) is 11.5 Å². The molecule has 0 N–H and O–H groups in total. The summed E-state index contributed by atoms with van der Waals surface area (Å²) in [6, 6.07) is 0. The van der Waals surface area contributed by atoms with Gasteiger partial charge in [-0.05, 0) is 40.2 Å². The van der Waals surface area contributed by atoms with Crippen molar-refractivity contribution in [2.24, 2.45) is 10.8 Å². The van der Waals surface area contributed by atoms with Crippen LogP contribution in [0.4, 0.5) is 0 Å². The highest BCUT2D eigenvalue weighted by molar-refractivity contribution is 8.76. The van der Waals surface area contributed by atoms with Gasteiger partial charge in [0.1, 0.15) is 11.6 Å². The molecule has 0 aromatic rings. The van der Waals surface area contributed by atoms with E-state index in [9.17, 15) is 9.59 Å². The summed E-state index contributed by atoms with van der Waals surface area (Å²) >= 11 is 0. The van der Waals surface area contributed by atoms with Gasteiger partial charge in [-0.3, -0.25) is 9.59 Å². The lowest BCUT2D eigenvalue weighted by Crippen LogP contribution is -2.25. The fourth-order valence-electron chi connectivity index (χ4n) is 0.971. The van der Waals surface area contributed by atoms with Gasteiger partial charge >= 0.3 is 0 Å². The van der Waals surface area contributed by atoms with Crippen LogP contribution in [0.1, 0.15) is 27.7 Å². The molecule has 0 aliphatic heterocycles. The van der Waals surface area contributed by atoms with Crippen LogP contribution in [0.5, 0.6) is 0 Å². The molecule has 0 aliphatic rings. The zero-order valence-electron chi connectivity index (χ0n) is 14.4. The van der Waals surface area contributed by atoms with Gasteiger partial charge in [-0.2, -0.15) is 0 Å². The largest absolute Gasteiger partial charge is 0.299 e. The lowest BCUT2D eigenvalue weighted by atomic mass is 9.89. The molecule has 0 amide bonds. The van der Waals surface area contributed by atoms with Crippen LogP contribution in [-0.4, -0.2) is 35.6 Å². The average Bonchev–Trinajstić information content (AvgIpc) is 2.50. The quantitative estimate of drug-likeness (QED) is 0.365. The maximum absolute atomic E-state index is 11.1. The molecule has 0 spiro atoms. The lowest BCUT2D eigenvalue weighted by Gasteiger charge is -2.20. The van der Waals surface area contributed by atoms with E-state index in [-0.39, 0.29) is 22.4 Å². The Balaban J connectivity index is 0. The highest BCUT2D eigenvalue weighted by atomic mass is 33.1. The molecule has 0 aliphatic carbocycles. The van der Waals surface area contributed by atoms with E-state index < -0.39 is 0 Å². The van der Waals surface area contributed by atoms with E-state index in [1.54, 1.807) is 69.2 Å². The molecular weight excluding hydrogens is 352 g/mol. The highest BCUT2D eigenvalue weighted by Crippen LogP contribution is 2.30. The first-order valence-electron chi connectivity index (χ1n) is 6.74. The summed E-state index contributed by atoms with van der Waals surface area (Å²) in [5.41, 5.74) is -0.679. The van der Waals surface area contributed by atoms with E-state index in [1.807, 2.05) is 26.4 Å². The Kier molecular flexibility index (Phi) is 14.0. The molecule has 0 rings (SSSR count). The molecule has 0 aromatic heterocycles. The molecule has 2 atom stereocenters. The van der Waals surface area contributed by atoms with Crippen molar-refractivity contribution in [1.82, 2.24) is 0 Å². The molecule has 0 radical (unpaired) electrons. The predicted octanol–water partition coefficient (Wildman–Crippen LogP) is 5.56. The fraction of sp³-hybridized carbons (Fsp3) is 0.625. The Labute approximate surface area is 151 Å². The fourth-order valence-corrected chi connectivity index (χ4v) is 4.51. The molecule has 0 heterocycles. The number of hydrogen-bond acceptors (Lipinski definition) is 6. The van der Waals surface area contributed by atoms with Crippen LogP contribution >= 0.6 is 43.2 Å². The van der Waals surface area contributed by atoms with E-state index >= 15 is 0 Å². The molecule has 0 fully saturated rings. The first-order chi connectivity index (χ1) is 10.1. The van der Waals surface area contributed by atoms with Crippen LogP contribution in [-0.2, 0) is 9.59 Å². The second-order valence-electron chi connectivity index (χ2n) is 5.21. The lowest BCUT2D eigenvalue weighted by molar-refractivity contribution is -0.123. The van der Waals surface area contributed by atoms with Crippen molar-refractivity contribution in [3.8, 4) is 0 Å². The molecule has 2 unspecified atom stereocenters. The number of rotatable bonds is 10. The van der Waals surface area contributed by atoms with Crippen LogP contribution in [0.25, 0.3) is 0 Å². The van der Waals surface area contributed by atoms with Gasteiger partial charge in [-0.25, -0.2) is 0 Å². The second-order valence-corrected chi connectivity index (χ2v) is 10.3. The number of carbonyl (C=O) groups excluding carboxylic acids is 2. The Morgan fingerprint density at radius 3 is 1.27 bits per heavy atom. The van der Waals surface area contributed by atoms with Crippen LogP contribution in [0.15, 0.2) is 25.3 Å². The number of hydrogen-bond donors (Lipinski definition) is 0. The molecule has 128 valence electrons. The van der Waals surface area contributed by atoms with Gasteiger partial charge in [0.25, 0.3) is 0 Å². The Morgan fingerprint density at radius 1 is 0.864 bits per heavy atom. The summed E-state index contributed by atoms with van der Waals surface area (Å²) in [6.07, 6.45) is 7.49. The second kappa shape index (κ2) is 12.6. The minimum atomic E-state index is -0.340. The molecule has 22 heavy (non-hydrogen) atoms. The van der Waals surface area contributed by atoms with E-state index in [1.165, 1.54) is 0 Å². The molecule has 2 nitrogen and oxygen atoms in total. The molecule has 0 aromatic carbocycles. The Hall–Kier alpha value is 0.220. The minimum absolute atomic E-state index is 0.189. The van der Waals surface area contributed by atoms with Crippen molar-refractivity contribution in [2.75, 3.05) is 24.0 Å². The Morgan fingerprint density at radius 2 is 1.14 bits per heavy atom. The zero-order valence-corrected chi connectivity index (χ0v) is 17.7. The van der Waals surface area contributed by atoms with Gasteiger partial charge in [0.2, 0.25) is 0 Å². The summed E-state index contributed by atoms with van der Waals surface area (Å²) in [5.74, 6) is 2.00. The first-order valence-corrected chi connectivity index (χ1v) is 12.2. The summed E-state index contributed by atoms with van der Waals surface area (Å²) in [4.78, 5) is 22.2. The molecular formula is C16H28O2S4. The molecule has 0 bridgehead atoms. The van der Waals surface area contributed by atoms with Crippen LogP contribution in [0.3, 0.4) is 0 Å². The normalized spacial score (nSPS) is 15.5. The first kappa shape index (κ1) is 24.5. The van der Waals surface area contributed by atoms with Crippen molar-refractivity contribution in [3.63, 3.8) is 0 Å². The topological polar surface area (TPSA) is 34.1 Å². The number of Topliss-reactive ketones (excluding diaryl/α,β-unsaturated/α-hetero) is 2. The monoisotopic (exact) mass is 380 g/mol. The van der Waals surface area contributed by atoms with Crippen LogP contribution in [0, 0.1) is 10.8 Å². The zero-order chi connectivity index (χ0) is 17.8. The van der Waals surface area contributed by atoms with Crippen molar-refractivity contribution < 1.29 is 9.59 Å². The van der Waals surface area contributed by atoms with E-state index in [4.69, 9.17) is 0 Å². The Bertz CT molecular complexity index is 348. The van der Waals surface area contributed by atoms with E-state index in [0.29, 0.717) is 0 Å². The van der Waals surface area contributed by atoms with Crippen molar-refractivity contribution >= 4 is 54.7 Å². The van der Waals surface area contributed by atoms with Crippen LogP contribution in [0.2, 0.25) is 0 Å². The highest BCUT2D eigenvalue weighted by Gasteiger charge is 2.26. The molecule has 0 saturated heterocycles. The maximum atomic E-state index is 11.1. The smallest absolute Gasteiger partial charge is 0.140 e. The molecule has 0 saturated carbocycles. The van der Waals surface area contributed by atoms with Crippen LogP contribution < -0.4 is 0 Å². The third-order valence-corrected chi connectivity index (χ3v) is 7.49. The summed E-state index contributed by atoms with van der Waals surface area (Å²) in [6.45, 7) is 14.4. The van der Waals surface area contributed by atoms with Crippen molar-refractivity contribution in [1.29, 1.82) is 0 Å². The third-order valence-electron chi connectivity index (χ3n) is 3.46. The molecule has 6 heteroatoms. The third kappa shape index (κ3) is 9.38. The predicted molar refractivity (Wildman–Crippen MR) is 110 cm³/mol. The average molecular weight is 381 g/mol. The van der Waals surface area contributed by atoms with Gasteiger partial charge in [0.05, 0.1) is 10.8 Å². The number of ketones is 2. The van der Waals surface area contributed by atoms with Gasteiger partial charge in [0, 0.05) is 11.5 Å². The van der Waals surface area contributed by atoms with Gasteiger partial charge in [-0.1, -0.05) is 55.3 Å². The van der Waals surface area contributed by atoms with Gasteiger partial charge in [-0.15, -0.1) is 13.2 Å². The van der Waals surface area contributed by atoms with Crippen molar-refractivity contribution in [2.45, 2.75) is 27.7 Å². The minimum Gasteiger partial charge on any atom is -0.299 e. The van der Waals surface area contributed by atoms with Gasteiger partial charge in [0.15, 0.2) is 0 Å². The number of carbonyl (C=O) groups is 2. The van der Waals surface area contributed by atoms with Crippen molar-refractivity contribution in [3.05, 3.63) is 25.3 Å².